The zero-order chi connectivity index (χ0) is 14.5. The first-order valence-electron chi connectivity index (χ1n) is 6.70. The molecular weight excluding hydrogens is 256 g/mol. The van der Waals surface area contributed by atoms with Crippen molar-refractivity contribution in [2.45, 2.75) is 19.5 Å². The maximum atomic E-state index is 11.0. The Hall–Kier alpha value is -1.97. The van der Waals surface area contributed by atoms with Gasteiger partial charge >= 0.3 is 0 Å². The molecule has 1 aliphatic heterocycles. The molecule has 0 N–H and O–H groups in total. The molecule has 0 aliphatic carbocycles. The molecule has 1 saturated heterocycles. The number of piperazine rings is 1. The van der Waals surface area contributed by atoms with Gasteiger partial charge in [0.25, 0.3) is 5.69 Å². The molecule has 6 heteroatoms. The van der Waals surface area contributed by atoms with E-state index in [1.54, 1.807) is 12.1 Å². The summed E-state index contributed by atoms with van der Waals surface area (Å²) >= 11 is 0. The maximum absolute atomic E-state index is 11.0. The Morgan fingerprint density at radius 1 is 1.35 bits per heavy atom. The fourth-order valence-electron chi connectivity index (χ4n) is 2.45. The largest absolute Gasteiger partial charge is 0.296 e. The lowest BCUT2D eigenvalue weighted by atomic mass is 10.1. The third-order valence-electron chi connectivity index (χ3n) is 3.72. The summed E-state index contributed by atoms with van der Waals surface area (Å²) in [6.45, 7) is 5.81. The van der Waals surface area contributed by atoms with Crippen LogP contribution >= 0.6 is 0 Å². The molecule has 6 nitrogen and oxygen atoms in total. The number of nitrogens with zero attached hydrogens (tertiary/aromatic N) is 4. The maximum Gasteiger partial charge on any atom is 0.273 e. The predicted octanol–water partition coefficient (Wildman–Crippen LogP) is 1.62. The van der Waals surface area contributed by atoms with E-state index >= 15 is 0 Å². The summed E-state index contributed by atoms with van der Waals surface area (Å²) < 4.78 is 0. The molecule has 1 fully saturated rings. The Morgan fingerprint density at radius 2 is 2.00 bits per heavy atom. The number of nitriles is 1. The van der Waals surface area contributed by atoms with Gasteiger partial charge in [-0.25, -0.2) is 0 Å². The number of benzene rings is 1. The van der Waals surface area contributed by atoms with Gasteiger partial charge < -0.3 is 0 Å². The quantitative estimate of drug-likeness (QED) is 0.616. The Balaban J connectivity index is 1.97. The van der Waals surface area contributed by atoms with E-state index in [-0.39, 0.29) is 16.7 Å². The Labute approximate surface area is 118 Å². The number of hydrogen-bond donors (Lipinski definition) is 0. The van der Waals surface area contributed by atoms with Crippen LogP contribution in [0, 0.1) is 21.4 Å². The normalized spacial score (nSPS) is 18.4. The number of hydrogen-bond acceptors (Lipinski definition) is 5. The van der Waals surface area contributed by atoms with Gasteiger partial charge in [-0.15, -0.1) is 0 Å². The van der Waals surface area contributed by atoms with Crippen LogP contribution in [-0.2, 0) is 6.54 Å². The van der Waals surface area contributed by atoms with E-state index in [4.69, 9.17) is 5.26 Å². The molecule has 2 rings (SSSR count). The number of nitro benzene ring substituents is 1. The van der Waals surface area contributed by atoms with Crippen LogP contribution in [0.1, 0.15) is 12.5 Å². The van der Waals surface area contributed by atoms with E-state index in [1.165, 1.54) is 0 Å². The summed E-state index contributed by atoms with van der Waals surface area (Å²) in [5.74, 6) is 0. The molecule has 0 bridgehead atoms. The second-order valence-corrected chi connectivity index (χ2v) is 5.00. The van der Waals surface area contributed by atoms with Crippen molar-refractivity contribution in [2.24, 2.45) is 0 Å². The molecule has 1 aromatic rings. The average molecular weight is 274 g/mol. The molecule has 106 valence electrons. The molecule has 1 aliphatic rings. The minimum absolute atomic E-state index is 0.0665. The van der Waals surface area contributed by atoms with E-state index in [9.17, 15) is 10.1 Å². The van der Waals surface area contributed by atoms with Crippen LogP contribution in [0.25, 0.3) is 0 Å². The molecule has 1 aromatic carbocycles. The molecule has 0 radical (unpaired) electrons. The van der Waals surface area contributed by atoms with Crippen molar-refractivity contribution in [2.75, 3.05) is 26.2 Å². The molecule has 0 amide bonds. The summed E-state index contributed by atoms with van der Waals surface area (Å²) in [4.78, 5) is 15.0. The van der Waals surface area contributed by atoms with Gasteiger partial charge in [0.1, 0.15) is 0 Å². The standard InChI is InChI=1S/C14H18N4O2/c1-12(10-15)17-8-6-16(7-9-17)11-13-4-2-3-5-14(13)18(19)20/h2-5,12H,6-9,11H2,1H3. The molecule has 0 saturated carbocycles. The number of rotatable bonds is 4. The summed E-state index contributed by atoms with van der Waals surface area (Å²) in [6, 6.07) is 9.05. The molecule has 20 heavy (non-hydrogen) atoms. The van der Waals surface area contributed by atoms with E-state index in [1.807, 2.05) is 19.1 Å². The highest BCUT2D eigenvalue weighted by molar-refractivity contribution is 5.39. The second kappa shape index (κ2) is 6.46. The average Bonchev–Trinajstić information content (AvgIpc) is 2.47. The zero-order valence-electron chi connectivity index (χ0n) is 11.5. The van der Waals surface area contributed by atoms with E-state index < -0.39 is 0 Å². The van der Waals surface area contributed by atoms with Crippen LogP contribution in [0.3, 0.4) is 0 Å². The minimum atomic E-state index is -0.330. The van der Waals surface area contributed by atoms with Gasteiger partial charge in [-0.3, -0.25) is 19.9 Å². The smallest absolute Gasteiger partial charge is 0.273 e. The van der Waals surface area contributed by atoms with Gasteiger partial charge in [0, 0.05) is 44.4 Å². The highest BCUT2D eigenvalue weighted by Crippen LogP contribution is 2.20. The van der Waals surface area contributed by atoms with E-state index in [0.717, 1.165) is 31.7 Å². The first-order valence-corrected chi connectivity index (χ1v) is 6.70. The molecule has 1 heterocycles. The van der Waals surface area contributed by atoms with Crippen LogP contribution in [0.4, 0.5) is 5.69 Å². The Morgan fingerprint density at radius 3 is 2.60 bits per heavy atom. The Kier molecular flexibility index (Phi) is 4.66. The van der Waals surface area contributed by atoms with Crippen molar-refractivity contribution in [3.05, 3.63) is 39.9 Å². The number of para-hydroxylation sites is 1. The Bertz CT molecular complexity index is 518. The first-order chi connectivity index (χ1) is 9.61. The van der Waals surface area contributed by atoms with Crippen LogP contribution in [-0.4, -0.2) is 46.9 Å². The minimum Gasteiger partial charge on any atom is -0.296 e. The van der Waals surface area contributed by atoms with E-state index in [2.05, 4.69) is 15.9 Å². The highest BCUT2D eigenvalue weighted by Gasteiger charge is 2.22. The lowest BCUT2D eigenvalue weighted by molar-refractivity contribution is -0.385. The van der Waals surface area contributed by atoms with Crippen LogP contribution in [0.15, 0.2) is 24.3 Å². The summed E-state index contributed by atoms with van der Waals surface area (Å²) in [5.41, 5.74) is 0.930. The molecule has 0 aromatic heterocycles. The monoisotopic (exact) mass is 274 g/mol. The van der Waals surface area contributed by atoms with Crippen molar-refractivity contribution in [1.82, 2.24) is 9.80 Å². The fraction of sp³-hybridized carbons (Fsp3) is 0.500. The second-order valence-electron chi connectivity index (χ2n) is 5.00. The van der Waals surface area contributed by atoms with Crippen molar-refractivity contribution in [3.8, 4) is 6.07 Å². The van der Waals surface area contributed by atoms with Crippen molar-refractivity contribution < 1.29 is 4.92 Å². The number of nitro groups is 1. The fourth-order valence-corrected chi connectivity index (χ4v) is 2.45. The highest BCUT2D eigenvalue weighted by atomic mass is 16.6. The molecule has 1 atom stereocenters. The van der Waals surface area contributed by atoms with Gasteiger partial charge in [-0.2, -0.15) is 5.26 Å². The lowest BCUT2D eigenvalue weighted by Crippen LogP contribution is -2.48. The van der Waals surface area contributed by atoms with Gasteiger partial charge in [-0.05, 0) is 6.92 Å². The zero-order valence-corrected chi connectivity index (χ0v) is 11.5. The van der Waals surface area contributed by atoms with Crippen LogP contribution < -0.4 is 0 Å². The summed E-state index contributed by atoms with van der Waals surface area (Å²) in [7, 11) is 0. The van der Waals surface area contributed by atoms with Gasteiger partial charge in [0.2, 0.25) is 0 Å². The van der Waals surface area contributed by atoms with Crippen molar-refractivity contribution >= 4 is 5.69 Å². The van der Waals surface area contributed by atoms with Crippen molar-refractivity contribution in [1.29, 1.82) is 5.26 Å². The third-order valence-corrected chi connectivity index (χ3v) is 3.72. The summed E-state index contributed by atoms with van der Waals surface area (Å²) in [5, 5.41) is 19.9. The molecular formula is C14H18N4O2. The third kappa shape index (κ3) is 3.32. The van der Waals surface area contributed by atoms with Gasteiger partial charge in [0.15, 0.2) is 0 Å². The molecule has 0 spiro atoms. The van der Waals surface area contributed by atoms with Gasteiger partial charge in [0.05, 0.1) is 17.0 Å². The van der Waals surface area contributed by atoms with Crippen LogP contribution in [0.5, 0.6) is 0 Å². The summed E-state index contributed by atoms with van der Waals surface area (Å²) in [6.07, 6.45) is 0. The van der Waals surface area contributed by atoms with Crippen LogP contribution in [0.2, 0.25) is 0 Å². The lowest BCUT2D eigenvalue weighted by Gasteiger charge is -2.35. The molecule has 1 unspecified atom stereocenters. The predicted molar refractivity (Wildman–Crippen MR) is 75.0 cm³/mol. The van der Waals surface area contributed by atoms with E-state index in [0.29, 0.717) is 6.54 Å². The SMILES string of the molecule is CC(C#N)N1CCN(Cc2ccccc2[N+](=O)[O-])CC1. The first kappa shape index (κ1) is 14.4. The van der Waals surface area contributed by atoms with Crippen molar-refractivity contribution in [3.63, 3.8) is 0 Å². The topological polar surface area (TPSA) is 73.4 Å². The van der Waals surface area contributed by atoms with Gasteiger partial charge in [-0.1, -0.05) is 18.2 Å².